The largest absolute Gasteiger partial charge is 0.507 e. The Hall–Kier alpha value is -4.34. The van der Waals surface area contributed by atoms with Crippen LogP contribution in [0.5, 0.6) is 28.7 Å². The van der Waals surface area contributed by atoms with Crippen molar-refractivity contribution in [1.82, 2.24) is 0 Å². The number of ketones is 2. The van der Waals surface area contributed by atoms with E-state index in [2.05, 4.69) is 0 Å². The van der Waals surface area contributed by atoms with E-state index in [-0.39, 0.29) is 52.9 Å². The highest BCUT2D eigenvalue weighted by molar-refractivity contribution is 6.37. The molecule has 5 rings (SSSR count). The number of phenolic OH excluding ortho intramolecular Hbond substituents is 3. The van der Waals surface area contributed by atoms with Gasteiger partial charge in [0.05, 0.1) is 6.42 Å². The lowest BCUT2D eigenvalue weighted by atomic mass is 9.73. The number of rotatable bonds is 2. The van der Waals surface area contributed by atoms with Crippen LogP contribution >= 0.6 is 0 Å². The standard InChI is InChI=1S/C24H18O10/c25-12-3-1-9(5-14(12)27)11-7-18(30)33-17-8-16(29)20-21(31)22(32)23(34-24(20)19(11)17)10-2-4-13(26)15(28)6-10/h2,4,6,8-9,11,26,28-29,32H,1,3,5,7H2. The Labute approximate surface area is 190 Å². The summed E-state index contributed by atoms with van der Waals surface area (Å²) in [5, 5.41) is 40.1. The second kappa shape index (κ2) is 7.62. The molecule has 0 spiro atoms. The minimum Gasteiger partial charge on any atom is -0.507 e. The van der Waals surface area contributed by atoms with E-state index in [1.807, 2.05) is 0 Å². The predicted molar refractivity (Wildman–Crippen MR) is 115 cm³/mol. The first-order valence-electron chi connectivity index (χ1n) is 10.5. The summed E-state index contributed by atoms with van der Waals surface area (Å²) in [5.74, 6) is -5.44. The molecule has 2 aromatic carbocycles. The zero-order chi connectivity index (χ0) is 24.3. The molecule has 2 aliphatic rings. The van der Waals surface area contributed by atoms with Gasteiger partial charge in [0.25, 0.3) is 0 Å². The number of hydrogen-bond acceptors (Lipinski definition) is 10. The third-order valence-corrected chi connectivity index (χ3v) is 6.41. The quantitative estimate of drug-likeness (QED) is 0.190. The molecule has 174 valence electrons. The molecule has 10 heteroatoms. The van der Waals surface area contributed by atoms with Crippen molar-refractivity contribution in [3.05, 3.63) is 40.1 Å². The zero-order valence-electron chi connectivity index (χ0n) is 17.5. The van der Waals surface area contributed by atoms with Gasteiger partial charge >= 0.3 is 5.97 Å². The number of aromatic hydroxyl groups is 4. The second-order valence-electron chi connectivity index (χ2n) is 8.46. The van der Waals surface area contributed by atoms with Crippen molar-refractivity contribution in [2.75, 3.05) is 0 Å². The zero-order valence-corrected chi connectivity index (χ0v) is 17.5. The highest BCUT2D eigenvalue weighted by Gasteiger charge is 2.40. The predicted octanol–water partition coefficient (Wildman–Crippen LogP) is 2.61. The van der Waals surface area contributed by atoms with E-state index >= 15 is 0 Å². The maximum atomic E-state index is 13.0. The van der Waals surface area contributed by atoms with Gasteiger partial charge in [-0.2, -0.15) is 0 Å². The van der Waals surface area contributed by atoms with Gasteiger partial charge in [-0.25, -0.2) is 0 Å². The molecule has 10 nitrogen and oxygen atoms in total. The molecule has 1 saturated carbocycles. The number of hydrogen-bond donors (Lipinski definition) is 4. The monoisotopic (exact) mass is 466 g/mol. The summed E-state index contributed by atoms with van der Waals surface area (Å²) in [6.07, 6.45) is 0.146. The van der Waals surface area contributed by atoms with Gasteiger partial charge in [0.1, 0.15) is 22.5 Å². The molecule has 3 aromatic rings. The molecule has 1 aliphatic heterocycles. The van der Waals surface area contributed by atoms with Crippen LogP contribution in [-0.2, 0) is 14.4 Å². The van der Waals surface area contributed by atoms with Gasteiger partial charge in [0, 0.05) is 36.0 Å². The number of benzene rings is 2. The Morgan fingerprint density at radius 1 is 0.853 bits per heavy atom. The number of Topliss-reactive ketones (excluding diaryl/α,β-unsaturated/α-hetero) is 2. The topological polar surface area (TPSA) is 172 Å². The van der Waals surface area contributed by atoms with E-state index < -0.39 is 57.8 Å². The van der Waals surface area contributed by atoms with Gasteiger partial charge in [0.15, 0.2) is 28.8 Å². The molecule has 2 atom stereocenters. The first-order chi connectivity index (χ1) is 16.2. The lowest BCUT2D eigenvalue weighted by Crippen LogP contribution is -2.32. The molecule has 0 radical (unpaired) electrons. The van der Waals surface area contributed by atoms with Gasteiger partial charge in [-0.1, -0.05) is 0 Å². The first kappa shape index (κ1) is 21.5. The van der Waals surface area contributed by atoms with Crippen molar-refractivity contribution in [3.8, 4) is 40.1 Å². The van der Waals surface area contributed by atoms with E-state index in [1.165, 1.54) is 6.07 Å². The highest BCUT2D eigenvalue weighted by Crippen LogP contribution is 2.49. The summed E-state index contributed by atoms with van der Waals surface area (Å²) in [4.78, 5) is 49.2. The minimum absolute atomic E-state index is 0.0309. The molecular weight excluding hydrogens is 448 g/mol. The summed E-state index contributed by atoms with van der Waals surface area (Å²) in [7, 11) is 0. The Kier molecular flexibility index (Phi) is 4.82. The maximum Gasteiger partial charge on any atom is 0.311 e. The number of esters is 1. The third kappa shape index (κ3) is 3.26. The Balaban J connectivity index is 1.78. The van der Waals surface area contributed by atoms with Crippen molar-refractivity contribution in [1.29, 1.82) is 0 Å². The number of ether oxygens (including phenoxy) is 1. The van der Waals surface area contributed by atoms with Gasteiger partial charge in [0.2, 0.25) is 11.2 Å². The van der Waals surface area contributed by atoms with E-state index in [0.717, 1.165) is 18.2 Å². The van der Waals surface area contributed by atoms with Crippen LogP contribution in [0.2, 0.25) is 0 Å². The molecule has 0 saturated heterocycles. The number of phenols is 3. The Morgan fingerprint density at radius 2 is 1.62 bits per heavy atom. The van der Waals surface area contributed by atoms with Crippen LogP contribution in [0.4, 0.5) is 0 Å². The fraction of sp³-hybridized carbons (Fsp3) is 0.250. The average molecular weight is 466 g/mol. The van der Waals surface area contributed by atoms with Crippen LogP contribution in [0.3, 0.4) is 0 Å². The van der Waals surface area contributed by atoms with Crippen molar-refractivity contribution >= 4 is 28.5 Å². The normalized spacial score (nSPS) is 20.3. The molecule has 1 aromatic heterocycles. The molecule has 34 heavy (non-hydrogen) atoms. The van der Waals surface area contributed by atoms with Gasteiger partial charge in [-0.3, -0.25) is 19.2 Å². The van der Waals surface area contributed by atoms with E-state index in [9.17, 15) is 39.6 Å². The van der Waals surface area contributed by atoms with Crippen LogP contribution in [0.25, 0.3) is 22.3 Å². The minimum atomic E-state index is -0.963. The fourth-order valence-electron chi connectivity index (χ4n) is 4.73. The van der Waals surface area contributed by atoms with Crippen LogP contribution < -0.4 is 10.2 Å². The van der Waals surface area contributed by atoms with Crippen LogP contribution in [0.1, 0.15) is 37.2 Å². The molecule has 1 fully saturated rings. The van der Waals surface area contributed by atoms with E-state index in [0.29, 0.717) is 6.42 Å². The van der Waals surface area contributed by atoms with Crippen LogP contribution in [-0.4, -0.2) is 38.0 Å². The van der Waals surface area contributed by atoms with Crippen LogP contribution in [0, 0.1) is 5.92 Å². The number of fused-ring (bicyclic) bond motifs is 3. The fourth-order valence-corrected chi connectivity index (χ4v) is 4.73. The van der Waals surface area contributed by atoms with Crippen molar-refractivity contribution in [2.45, 2.75) is 31.6 Å². The summed E-state index contributed by atoms with van der Waals surface area (Å²) < 4.78 is 11.2. The SMILES string of the molecule is O=C1CC(C2CCC(=O)C(=O)C2)c2c(cc(O)c3c(=O)c(O)c(-c4ccc(O)c(O)c4)oc23)O1. The summed E-state index contributed by atoms with van der Waals surface area (Å²) >= 11 is 0. The lowest BCUT2D eigenvalue weighted by Gasteiger charge is -2.33. The molecule has 2 unspecified atom stereocenters. The molecule has 4 N–H and O–H groups in total. The second-order valence-corrected chi connectivity index (χ2v) is 8.46. The summed E-state index contributed by atoms with van der Waals surface area (Å²) in [6, 6.07) is 4.61. The summed E-state index contributed by atoms with van der Waals surface area (Å²) in [6.45, 7) is 0. The molecule has 1 aliphatic carbocycles. The lowest BCUT2D eigenvalue weighted by molar-refractivity contribution is -0.140. The van der Waals surface area contributed by atoms with E-state index in [4.69, 9.17) is 9.15 Å². The molecule has 0 amide bonds. The van der Waals surface area contributed by atoms with E-state index in [1.54, 1.807) is 0 Å². The maximum absolute atomic E-state index is 13.0. The van der Waals surface area contributed by atoms with Crippen molar-refractivity contribution < 1.29 is 44.0 Å². The molecule has 2 heterocycles. The first-order valence-corrected chi connectivity index (χ1v) is 10.5. The van der Waals surface area contributed by atoms with Crippen molar-refractivity contribution in [2.24, 2.45) is 5.92 Å². The van der Waals surface area contributed by atoms with Crippen LogP contribution in [0.15, 0.2) is 33.5 Å². The average Bonchev–Trinajstić information content (AvgIpc) is 2.78. The Bertz CT molecular complexity index is 1470. The third-order valence-electron chi connectivity index (χ3n) is 6.41. The number of carbonyl (C=O) groups excluding carboxylic acids is 3. The summed E-state index contributed by atoms with van der Waals surface area (Å²) in [5.41, 5.74) is -0.788. The molecule has 0 bridgehead atoms. The van der Waals surface area contributed by atoms with Gasteiger partial charge in [-0.05, 0) is 30.5 Å². The van der Waals surface area contributed by atoms with Gasteiger partial charge in [-0.15, -0.1) is 0 Å². The smallest absolute Gasteiger partial charge is 0.311 e. The molecular formula is C24H18O10. The van der Waals surface area contributed by atoms with Gasteiger partial charge < -0.3 is 29.6 Å². The van der Waals surface area contributed by atoms with Crippen molar-refractivity contribution in [3.63, 3.8) is 0 Å². The highest BCUT2D eigenvalue weighted by atomic mass is 16.5. The number of carbonyl (C=O) groups is 3. The Morgan fingerprint density at radius 3 is 2.32 bits per heavy atom.